The summed E-state index contributed by atoms with van der Waals surface area (Å²) in [6.07, 6.45) is 3.61. The third kappa shape index (κ3) is 5.16. The Morgan fingerprint density at radius 2 is 2.00 bits per heavy atom. The molecule has 0 saturated carbocycles. The maximum absolute atomic E-state index is 5.72. The molecule has 0 rings (SSSR count). The Labute approximate surface area is 80.3 Å². The standard InChI is InChI=1S/C9H20BOP/c1-7(4-5-12)9(11-3)6-8(2)10/h7-9H,4-6,12H2,1-3H3. The van der Waals surface area contributed by atoms with E-state index in [1.54, 1.807) is 7.11 Å². The molecular formula is C9H20BOP. The Balaban J connectivity index is 3.78. The first-order chi connectivity index (χ1) is 5.61. The number of ether oxygens (including phenoxy) is 1. The van der Waals surface area contributed by atoms with Crippen molar-refractivity contribution in [3.8, 4) is 0 Å². The van der Waals surface area contributed by atoms with Crippen molar-refractivity contribution >= 4 is 17.1 Å². The molecule has 70 valence electrons. The topological polar surface area (TPSA) is 9.23 Å². The predicted octanol–water partition coefficient (Wildman–Crippen LogP) is 2.27. The van der Waals surface area contributed by atoms with Crippen molar-refractivity contribution in [1.29, 1.82) is 0 Å². The molecule has 0 spiro atoms. The molecule has 0 aromatic heterocycles. The summed E-state index contributed by atoms with van der Waals surface area (Å²) in [6.45, 7) is 4.25. The molecular weight excluding hydrogens is 166 g/mol. The van der Waals surface area contributed by atoms with Gasteiger partial charge in [0.25, 0.3) is 0 Å². The van der Waals surface area contributed by atoms with Crippen LogP contribution in [-0.4, -0.2) is 27.2 Å². The van der Waals surface area contributed by atoms with E-state index in [0.29, 0.717) is 12.0 Å². The molecule has 0 amide bonds. The number of hydrogen-bond donors (Lipinski definition) is 0. The summed E-state index contributed by atoms with van der Waals surface area (Å²) in [6, 6.07) is 0. The number of rotatable bonds is 6. The molecule has 0 aliphatic rings. The van der Waals surface area contributed by atoms with Crippen LogP contribution in [0.15, 0.2) is 0 Å². The zero-order valence-corrected chi connectivity index (χ0v) is 9.57. The first-order valence-electron chi connectivity index (χ1n) is 4.60. The van der Waals surface area contributed by atoms with Crippen molar-refractivity contribution in [3.63, 3.8) is 0 Å². The van der Waals surface area contributed by atoms with Crippen molar-refractivity contribution in [2.24, 2.45) is 5.92 Å². The maximum atomic E-state index is 5.72. The van der Waals surface area contributed by atoms with Gasteiger partial charge in [-0.3, -0.25) is 0 Å². The van der Waals surface area contributed by atoms with Gasteiger partial charge in [0, 0.05) is 7.11 Å². The van der Waals surface area contributed by atoms with E-state index < -0.39 is 0 Å². The third-order valence-corrected chi connectivity index (χ3v) is 2.50. The summed E-state index contributed by atoms with van der Waals surface area (Å²) < 4.78 is 5.39. The van der Waals surface area contributed by atoms with Crippen LogP contribution in [0.2, 0.25) is 5.82 Å². The lowest BCUT2D eigenvalue weighted by Gasteiger charge is -2.23. The van der Waals surface area contributed by atoms with Gasteiger partial charge in [-0.2, -0.15) is 0 Å². The van der Waals surface area contributed by atoms with Crippen LogP contribution >= 0.6 is 9.24 Å². The Bertz CT molecular complexity index is 109. The van der Waals surface area contributed by atoms with Crippen molar-refractivity contribution in [1.82, 2.24) is 0 Å². The Hall–Kier alpha value is 0.455. The fourth-order valence-electron chi connectivity index (χ4n) is 1.38. The minimum atomic E-state index is 0.238. The lowest BCUT2D eigenvalue weighted by atomic mass is 9.81. The number of methoxy groups -OCH3 is 1. The van der Waals surface area contributed by atoms with Crippen LogP contribution in [0.3, 0.4) is 0 Å². The molecule has 12 heavy (non-hydrogen) atoms. The van der Waals surface area contributed by atoms with Gasteiger partial charge in [0.05, 0.1) is 14.0 Å². The van der Waals surface area contributed by atoms with Crippen LogP contribution in [-0.2, 0) is 4.74 Å². The Morgan fingerprint density at radius 1 is 1.42 bits per heavy atom. The lowest BCUT2D eigenvalue weighted by molar-refractivity contribution is 0.0505. The lowest BCUT2D eigenvalue weighted by Crippen LogP contribution is -2.22. The van der Waals surface area contributed by atoms with Gasteiger partial charge in [-0.25, -0.2) is 0 Å². The summed E-state index contributed by atoms with van der Waals surface area (Å²) in [7, 11) is 10.2. The maximum Gasteiger partial charge on any atom is 0.0697 e. The highest BCUT2D eigenvalue weighted by molar-refractivity contribution is 7.16. The van der Waals surface area contributed by atoms with Gasteiger partial charge in [-0.1, -0.05) is 19.7 Å². The van der Waals surface area contributed by atoms with Gasteiger partial charge < -0.3 is 4.74 Å². The van der Waals surface area contributed by atoms with Crippen LogP contribution < -0.4 is 0 Å². The predicted molar refractivity (Wildman–Crippen MR) is 59.0 cm³/mol. The first-order valence-corrected chi connectivity index (χ1v) is 5.41. The zero-order valence-electron chi connectivity index (χ0n) is 8.42. The molecule has 0 saturated heterocycles. The molecule has 3 heteroatoms. The summed E-state index contributed by atoms with van der Waals surface area (Å²) >= 11 is 0. The van der Waals surface area contributed by atoms with Crippen LogP contribution in [0.4, 0.5) is 0 Å². The van der Waals surface area contributed by atoms with E-state index in [9.17, 15) is 0 Å². The minimum Gasteiger partial charge on any atom is -0.381 e. The average Bonchev–Trinajstić information content (AvgIpc) is 2.00. The van der Waals surface area contributed by atoms with E-state index in [2.05, 4.69) is 16.2 Å². The van der Waals surface area contributed by atoms with Crippen LogP contribution in [0.25, 0.3) is 0 Å². The number of hydrogen-bond acceptors (Lipinski definition) is 1. The smallest absolute Gasteiger partial charge is 0.0697 e. The van der Waals surface area contributed by atoms with Crippen molar-refractivity contribution in [2.75, 3.05) is 13.3 Å². The van der Waals surface area contributed by atoms with Gasteiger partial charge in [-0.05, 0) is 24.9 Å². The molecule has 1 nitrogen and oxygen atoms in total. The Morgan fingerprint density at radius 3 is 2.33 bits per heavy atom. The highest BCUT2D eigenvalue weighted by atomic mass is 31.0. The first kappa shape index (κ1) is 12.5. The molecule has 0 N–H and O–H groups in total. The largest absolute Gasteiger partial charge is 0.381 e. The SMILES string of the molecule is [B]C(C)CC(OC)C(C)CCP. The van der Waals surface area contributed by atoms with Crippen molar-refractivity contribution in [3.05, 3.63) is 0 Å². The van der Waals surface area contributed by atoms with Gasteiger partial charge in [0.1, 0.15) is 0 Å². The van der Waals surface area contributed by atoms with Gasteiger partial charge in [0.2, 0.25) is 0 Å². The molecule has 0 aromatic rings. The molecule has 0 aromatic carbocycles. The van der Waals surface area contributed by atoms with Crippen LogP contribution in [0, 0.1) is 5.92 Å². The average molecular weight is 186 g/mol. The molecule has 0 aliphatic heterocycles. The van der Waals surface area contributed by atoms with Gasteiger partial charge >= 0.3 is 0 Å². The molecule has 0 bridgehead atoms. The van der Waals surface area contributed by atoms with E-state index >= 15 is 0 Å². The molecule has 0 fully saturated rings. The van der Waals surface area contributed by atoms with Crippen LogP contribution in [0.1, 0.15) is 26.7 Å². The summed E-state index contributed by atoms with van der Waals surface area (Å²) in [4.78, 5) is 0. The van der Waals surface area contributed by atoms with E-state index in [1.165, 1.54) is 6.42 Å². The Kier molecular flexibility index (Phi) is 7.18. The second-order valence-electron chi connectivity index (χ2n) is 3.54. The summed E-state index contributed by atoms with van der Waals surface area (Å²) in [5.74, 6) is 0.848. The van der Waals surface area contributed by atoms with E-state index in [4.69, 9.17) is 12.6 Å². The van der Waals surface area contributed by atoms with Crippen molar-refractivity contribution < 1.29 is 4.74 Å². The monoisotopic (exact) mass is 186 g/mol. The minimum absolute atomic E-state index is 0.238. The normalized spacial score (nSPS) is 18.7. The molecule has 2 radical (unpaired) electrons. The van der Waals surface area contributed by atoms with Crippen LogP contribution in [0.5, 0.6) is 0 Å². The van der Waals surface area contributed by atoms with E-state index in [-0.39, 0.29) is 5.82 Å². The molecule has 0 heterocycles. The van der Waals surface area contributed by atoms with Gasteiger partial charge in [0.15, 0.2) is 0 Å². The highest BCUT2D eigenvalue weighted by Crippen LogP contribution is 2.20. The second kappa shape index (κ2) is 6.92. The van der Waals surface area contributed by atoms with E-state index in [0.717, 1.165) is 12.6 Å². The molecule has 4 unspecified atom stereocenters. The summed E-state index contributed by atoms with van der Waals surface area (Å²) in [5, 5.41) is 0. The van der Waals surface area contributed by atoms with Gasteiger partial charge in [-0.15, -0.1) is 9.24 Å². The quantitative estimate of drug-likeness (QED) is 0.456. The zero-order chi connectivity index (χ0) is 9.56. The van der Waals surface area contributed by atoms with Crippen molar-refractivity contribution in [2.45, 2.75) is 38.6 Å². The van der Waals surface area contributed by atoms with E-state index in [1.807, 2.05) is 6.92 Å². The summed E-state index contributed by atoms with van der Waals surface area (Å²) in [5.41, 5.74) is 0. The highest BCUT2D eigenvalue weighted by Gasteiger charge is 2.16. The fraction of sp³-hybridized carbons (Fsp3) is 1.00. The molecule has 0 aliphatic carbocycles. The second-order valence-corrected chi connectivity index (χ2v) is 4.12. The third-order valence-electron chi connectivity index (χ3n) is 2.16. The molecule has 4 atom stereocenters. The fourth-order valence-corrected chi connectivity index (χ4v) is 1.90.